The van der Waals surface area contributed by atoms with Crippen molar-refractivity contribution in [1.82, 2.24) is 9.97 Å². The first kappa shape index (κ1) is 18.6. The molecule has 0 spiro atoms. The number of fused-ring (bicyclic) bond motifs is 1. The van der Waals surface area contributed by atoms with Gasteiger partial charge in [-0.3, -0.25) is 0 Å². The summed E-state index contributed by atoms with van der Waals surface area (Å²) in [7, 11) is 0. The van der Waals surface area contributed by atoms with Gasteiger partial charge in [0.15, 0.2) is 0 Å². The lowest BCUT2D eigenvalue weighted by Gasteiger charge is -2.23. The van der Waals surface area contributed by atoms with E-state index in [0.717, 1.165) is 21.2 Å². The maximum atomic E-state index is 4.40. The molecule has 0 aliphatic heterocycles. The molecule has 0 amide bonds. The van der Waals surface area contributed by atoms with Crippen molar-refractivity contribution >= 4 is 32.7 Å². The fourth-order valence-electron chi connectivity index (χ4n) is 2.58. The van der Waals surface area contributed by atoms with E-state index in [2.05, 4.69) is 50.4 Å². The molecular weight excluding hydrogens is 338 g/mol. The molecule has 22 heavy (non-hydrogen) atoms. The third-order valence-electron chi connectivity index (χ3n) is 3.54. The van der Waals surface area contributed by atoms with Gasteiger partial charge in [-0.2, -0.15) is 0 Å². The Labute approximate surface area is 142 Å². The average Bonchev–Trinajstić information content (AvgIpc) is 2.60. The predicted molar refractivity (Wildman–Crippen MR) is 100 cm³/mol. The van der Waals surface area contributed by atoms with Crippen LogP contribution in [0.1, 0.15) is 46.0 Å². The van der Waals surface area contributed by atoms with E-state index in [1.165, 1.54) is 32.1 Å². The van der Waals surface area contributed by atoms with E-state index < -0.39 is 0 Å². The fraction of sp³-hybridized carbons (Fsp3) is 0.444. The van der Waals surface area contributed by atoms with Crippen LogP contribution < -0.4 is 5.32 Å². The second-order valence-corrected chi connectivity index (χ2v) is 5.78. The van der Waals surface area contributed by atoms with Gasteiger partial charge in [-0.25, -0.2) is 9.97 Å². The summed E-state index contributed by atoms with van der Waals surface area (Å²) in [6, 6.07) is 6.68. The molecule has 1 saturated carbocycles. The molecule has 0 radical (unpaired) electrons. The maximum absolute atomic E-state index is 4.40. The molecule has 3 nitrogen and oxygen atoms in total. The molecule has 1 aliphatic rings. The van der Waals surface area contributed by atoms with Crippen LogP contribution in [-0.2, 0) is 0 Å². The zero-order valence-electron chi connectivity index (χ0n) is 13.6. The summed E-state index contributed by atoms with van der Waals surface area (Å²) >= 11 is 3.51. The molecule has 1 heterocycles. The van der Waals surface area contributed by atoms with Crippen LogP contribution in [0.15, 0.2) is 42.2 Å². The van der Waals surface area contributed by atoms with Crippen LogP contribution >= 0.6 is 15.9 Å². The molecular formula is C18H26BrN3. The van der Waals surface area contributed by atoms with Crippen LogP contribution in [0.25, 0.3) is 10.9 Å². The number of hydrogen-bond acceptors (Lipinski definition) is 3. The van der Waals surface area contributed by atoms with Gasteiger partial charge >= 0.3 is 0 Å². The van der Waals surface area contributed by atoms with Crippen molar-refractivity contribution in [2.45, 2.75) is 52.0 Å². The molecule has 1 aliphatic carbocycles. The first-order valence-corrected chi connectivity index (χ1v) is 8.79. The van der Waals surface area contributed by atoms with Gasteiger partial charge in [0.1, 0.15) is 12.1 Å². The molecule has 0 bridgehead atoms. The molecule has 1 N–H and O–H groups in total. The van der Waals surface area contributed by atoms with E-state index in [0.29, 0.717) is 6.04 Å². The third-order valence-corrected chi connectivity index (χ3v) is 4.04. The quantitative estimate of drug-likeness (QED) is 0.668. The van der Waals surface area contributed by atoms with Gasteiger partial charge < -0.3 is 5.32 Å². The number of anilines is 1. The summed E-state index contributed by atoms with van der Waals surface area (Å²) in [6.07, 6.45) is 8.16. The van der Waals surface area contributed by atoms with Crippen molar-refractivity contribution in [2.24, 2.45) is 0 Å². The summed E-state index contributed by atoms with van der Waals surface area (Å²) in [5, 5.41) is 4.67. The highest BCUT2D eigenvalue weighted by molar-refractivity contribution is 9.10. The zero-order valence-corrected chi connectivity index (χ0v) is 15.2. The van der Waals surface area contributed by atoms with Crippen molar-refractivity contribution in [3.05, 3.63) is 42.2 Å². The van der Waals surface area contributed by atoms with Gasteiger partial charge in [-0.1, -0.05) is 49.0 Å². The number of halogens is 1. The third kappa shape index (κ3) is 5.09. The highest BCUT2D eigenvalue weighted by Crippen LogP contribution is 2.26. The second kappa shape index (κ2) is 10.3. The Morgan fingerprint density at radius 1 is 1.09 bits per heavy atom. The molecule has 3 rings (SSSR count). The van der Waals surface area contributed by atoms with Crippen LogP contribution in [0.4, 0.5) is 5.82 Å². The van der Waals surface area contributed by atoms with Crippen molar-refractivity contribution < 1.29 is 0 Å². The lowest BCUT2D eigenvalue weighted by Crippen LogP contribution is -2.23. The molecule has 0 saturated heterocycles. The van der Waals surface area contributed by atoms with E-state index in [9.17, 15) is 0 Å². The van der Waals surface area contributed by atoms with E-state index in [1.807, 2.05) is 26.0 Å². The van der Waals surface area contributed by atoms with Crippen LogP contribution in [0.3, 0.4) is 0 Å². The van der Waals surface area contributed by atoms with Gasteiger partial charge in [0.25, 0.3) is 0 Å². The van der Waals surface area contributed by atoms with Gasteiger partial charge in [-0.05, 0) is 31.0 Å². The maximum Gasteiger partial charge on any atom is 0.137 e. The molecule has 1 aromatic carbocycles. The van der Waals surface area contributed by atoms with Crippen LogP contribution in [0, 0.1) is 0 Å². The minimum atomic E-state index is 0.566. The van der Waals surface area contributed by atoms with Crippen molar-refractivity contribution in [2.75, 3.05) is 5.32 Å². The minimum absolute atomic E-state index is 0.566. The Kier molecular flexibility index (Phi) is 8.75. The highest BCUT2D eigenvalue weighted by atomic mass is 79.9. The normalized spacial score (nSPS) is 14.3. The first-order chi connectivity index (χ1) is 10.8. The van der Waals surface area contributed by atoms with Crippen LogP contribution in [0.2, 0.25) is 0 Å². The summed E-state index contributed by atoms with van der Waals surface area (Å²) in [5.41, 5.74) is 0.992. The Morgan fingerprint density at radius 3 is 2.45 bits per heavy atom. The smallest absolute Gasteiger partial charge is 0.137 e. The van der Waals surface area contributed by atoms with Crippen molar-refractivity contribution in [1.29, 1.82) is 0 Å². The summed E-state index contributed by atoms with van der Waals surface area (Å²) in [6.45, 7) is 10.0. The van der Waals surface area contributed by atoms with E-state index in [4.69, 9.17) is 0 Å². The Morgan fingerprint density at radius 2 is 1.77 bits per heavy atom. The molecule has 1 aromatic heterocycles. The summed E-state index contributed by atoms with van der Waals surface area (Å²) < 4.78 is 1.07. The van der Waals surface area contributed by atoms with Gasteiger partial charge in [0.2, 0.25) is 0 Å². The van der Waals surface area contributed by atoms with Crippen molar-refractivity contribution in [3.63, 3.8) is 0 Å². The predicted octanol–water partition coefficient (Wildman–Crippen LogP) is 5.97. The number of nitrogens with zero attached hydrogens (tertiary/aromatic N) is 2. The largest absolute Gasteiger partial charge is 0.367 e. The highest BCUT2D eigenvalue weighted by Gasteiger charge is 2.14. The van der Waals surface area contributed by atoms with Crippen molar-refractivity contribution in [3.8, 4) is 0 Å². The number of nitrogens with one attached hydrogen (secondary N) is 1. The van der Waals surface area contributed by atoms with Crippen LogP contribution in [0.5, 0.6) is 0 Å². The average molecular weight is 364 g/mol. The van der Waals surface area contributed by atoms with E-state index >= 15 is 0 Å². The fourth-order valence-corrected chi connectivity index (χ4v) is 2.95. The lowest BCUT2D eigenvalue weighted by molar-refractivity contribution is 0.462. The number of benzene rings is 1. The molecule has 2 aromatic rings. The topological polar surface area (TPSA) is 37.8 Å². The molecule has 0 atom stereocenters. The summed E-state index contributed by atoms with van der Waals surface area (Å²) in [4.78, 5) is 8.70. The monoisotopic (exact) mass is 363 g/mol. The Hall–Kier alpha value is -1.42. The standard InChI is InChI=1S/C14H16BrN3.C2H6.C2H4/c15-10-6-7-13-12(8-10)14(17-9-16-13)18-11-4-2-1-3-5-11;2*1-2/h6-9,11H,1-5H2,(H,16,17,18);1-2H3;1-2H2. The van der Waals surface area contributed by atoms with Crippen LogP contribution in [-0.4, -0.2) is 16.0 Å². The number of rotatable bonds is 2. The SMILES string of the molecule is Brc1ccc2ncnc(NC3CCCCC3)c2c1.C=C.CC. The van der Waals surface area contributed by atoms with Gasteiger partial charge in [-0.15, -0.1) is 13.2 Å². The number of hydrogen-bond donors (Lipinski definition) is 1. The molecule has 4 heteroatoms. The minimum Gasteiger partial charge on any atom is -0.367 e. The van der Waals surface area contributed by atoms with Gasteiger partial charge in [0, 0.05) is 15.9 Å². The molecule has 0 unspecified atom stereocenters. The zero-order chi connectivity index (χ0) is 16.4. The van der Waals surface area contributed by atoms with E-state index in [1.54, 1.807) is 6.33 Å². The Balaban J connectivity index is 0.000000561. The van der Waals surface area contributed by atoms with E-state index in [-0.39, 0.29) is 0 Å². The molecule has 1 fully saturated rings. The Bertz CT molecular complexity index is 565. The number of aromatic nitrogens is 2. The second-order valence-electron chi connectivity index (χ2n) is 4.86. The molecule has 120 valence electrons. The van der Waals surface area contributed by atoms with Gasteiger partial charge in [0.05, 0.1) is 5.52 Å². The summed E-state index contributed by atoms with van der Waals surface area (Å²) in [5.74, 6) is 0.966. The lowest BCUT2D eigenvalue weighted by atomic mass is 9.95. The first-order valence-electron chi connectivity index (χ1n) is 8.00.